The predicted octanol–water partition coefficient (Wildman–Crippen LogP) is 2.18. The lowest BCUT2D eigenvalue weighted by atomic mass is 9.64. The third-order valence-corrected chi connectivity index (χ3v) is 7.43. The molecule has 0 spiro atoms. The van der Waals surface area contributed by atoms with E-state index in [1.165, 1.54) is 7.11 Å². The number of Topliss-reactive ketones (excluding diaryl/α,β-unsaturated/α-hetero) is 1. The standard InChI is InChI=1S/C18H27NO4/c1-16(2)17(3)7-8-18(16,11-13(17)20)15(22)19-9-5-12(6-10-19)14(21)23-4/h12H,5-11H2,1-4H3/t17-,18+/m0/s1. The van der Waals surface area contributed by atoms with Crippen LogP contribution in [0.1, 0.15) is 52.9 Å². The number of carbonyl (C=O) groups is 3. The van der Waals surface area contributed by atoms with E-state index in [-0.39, 0.29) is 34.4 Å². The Hall–Kier alpha value is -1.39. The highest BCUT2D eigenvalue weighted by atomic mass is 16.5. The van der Waals surface area contributed by atoms with Crippen LogP contribution in [0, 0.1) is 22.2 Å². The monoisotopic (exact) mass is 321 g/mol. The van der Waals surface area contributed by atoms with Gasteiger partial charge < -0.3 is 9.64 Å². The highest BCUT2D eigenvalue weighted by Gasteiger charge is 2.73. The van der Waals surface area contributed by atoms with Gasteiger partial charge in [0.2, 0.25) is 5.91 Å². The van der Waals surface area contributed by atoms with Gasteiger partial charge >= 0.3 is 5.97 Å². The van der Waals surface area contributed by atoms with Gasteiger partial charge in [-0.1, -0.05) is 20.8 Å². The molecule has 128 valence electrons. The molecular formula is C18H27NO4. The minimum absolute atomic E-state index is 0.103. The van der Waals surface area contributed by atoms with Crippen molar-refractivity contribution in [2.75, 3.05) is 20.2 Å². The van der Waals surface area contributed by atoms with E-state index in [1.807, 2.05) is 11.8 Å². The van der Waals surface area contributed by atoms with Crippen molar-refractivity contribution in [3.05, 3.63) is 0 Å². The van der Waals surface area contributed by atoms with Crippen LogP contribution < -0.4 is 0 Å². The normalized spacial score (nSPS) is 36.3. The van der Waals surface area contributed by atoms with Crippen LogP contribution in [0.4, 0.5) is 0 Å². The van der Waals surface area contributed by atoms with Gasteiger partial charge in [-0.05, 0) is 31.1 Å². The average Bonchev–Trinajstić information content (AvgIpc) is 2.84. The molecule has 1 saturated heterocycles. The quantitative estimate of drug-likeness (QED) is 0.731. The third-order valence-electron chi connectivity index (χ3n) is 7.43. The maximum atomic E-state index is 13.3. The number of methoxy groups -OCH3 is 1. The van der Waals surface area contributed by atoms with Crippen molar-refractivity contribution >= 4 is 17.7 Å². The van der Waals surface area contributed by atoms with Crippen LogP contribution in [0.5, 0.6) is 0 Å². The van der Waals surface area contributed by atoms with Crippen molar-refractivity contribution in [1.29, 1.82) is 0 Å². The summed E-state index contributed by atoms with van der Waals surface area (Å²) in [5.41, 5.74) is -1.21. The van der Waals surface area contributed by atoms with E-state index in [9.17, 15) is 14.4 Å². The summed E-state index contributed by atoms with van der Waals surface area (Å²) >= 11 is 0. The molecule has 0 aromatic rings. The highest BCUT2D eigenvalue weighted by Crippen LogP contribution is 2.71. The first-order valence-corrected chi connectivity index (χ1v) is 8.60. The molecule has 3 aliphatic rings. The molecule has 5 nitrogen and oxygen atoms in total. The van der Waals surface area contributed by atoms with Crippen LogP contribution in [-0.2, 0) is 19.1 Å². The van der Waals surface area contributed by atoms with E-state index >= 15 is 0 Å². The van der Waals surface area contributed by atoms with Crippen LogP contribution >= 0.6 is 0 Å². The maximum absolute atomic E-state index is 13.3. The second-order valence-electron chi connectivity index (χ2n) is 8.23. The van der Waals surface area contributed by atoms with Crippen molar-refractivity contribution in [3.63, 3.8) is 0 Å². The van der Waals surface area contributed by atoms with E-state index in [4.69, 9.17) is 4.74 Å². The Morgan fingerprint density at radius 3 is 2.17 bits per heavy atom. The zero-order valence-corrected chi connectivity index (χ0v) is 14.6. The Bertz CT molecular complexity index is 561. The lowest BCUT2D eigenvalue weighted by Crippen LogP contribution is -2.51. The third kappa shape index (κ3) is 1.94. The predicted molar refractivity (Wildman–Crippen MR) is 84.5 cm³/mol. The van der Waals surface area contributed by atoms with E-state index in [0.29, 0.717) is 32.4 Å². The molecule has 0 N–H and O–H groups in total. The highest BCUT2D eigenvalue weighted by molar-refractivity contribution is 5.99. The molecule has 3 rings (SSSR count). The molecule has 1 aliphatic heterocycles. The van der Waals surface area contributed by atoms with Gasteiger partial charge in [-0.3, -0.25) is 14.4 Å². The first-order chi connectivity index (χ1) is 10.7. The van der Waals surface area contributed by atoms with E-state index in [0.717, 1.165) is 12.8 Å². The Morgan fingerprint density at radius 1 is 1.13 bits per heavy atom. The van der Waals surface area contributed by atoms with Gasteiger partial charge in [0.25, 0.3) is 0 Å². The van der Waals surface area contributed by atoms with Crippen molar-refractivity contribution < 1.29 is 19.1 Å². The molecule has 2 saturated carbocycles. The minimum Gasteiger partial charge on any atom is -0.469 e. The van der Waals surface area contributed by atoms with Crippen LogP contribution in [0.15, 0.2) is 0 Å². The summed E-state index contributed by atoms with van der Waals surface area (Å²) in [7, 11) is 1.41. The molecule has 2 atom stereocenters. The van der Waals surface area contributed by atoms with Gasteiger partial charge in [0.15, 0.2) is 0 Å². The zero-order valence-electron chi connectivity index (χ0n) is 14.6. The van der Waals surface area contributed by atoms with Crippen LogP contribution in [0.3, 0.4) is 0 Å². The van der Waals surface area contributed by atoms with Gasteiger partial charge in [0, 0.05) is 24.9 Å². The second kappa shape index (κ2) is 5.05. The number of fused-ring (bicyclic) bond motifs is 2. The molecule has 5 heteroatoms. The van der Waals surface area contributed by atoms with Crippen molar-refractivity contribution in [1.82, 2.24) is 4.90 Å². The van der Waals surface area contributed by atoms with Crippen molar-refractivity contribution in [3.8, 4) is 0 Å². The molecular weight excluding hydrogens is 294 g/mol. The molecule has 0 aromatic carbocycles. The van der Waals surface area contributed by atoms with Crippen LogP contribution in [-0.4, -0.2) is 42.8 Å². The van der Waals surface area contributed by atoms with Gasteiger partial charge in [0.1, 0.15) is 5.78 Å². The molecule has 2 aliphatic carbocycles. The summed E-state index contributed by atoms with van der Waals surface area (Å²) in [4.78, 5) is 39.3. The number of esters is 1. The first-order valence-electron chi connectivity index (χ1n) is 8.60. The van der Waals surface area contributed by atoms with Crippen molar-refractivity contribution in [2.45, 2.75) is 52.9 Å². The van der Waals surface area contributed by atoms with E-state index in [2.05, 4.69) is 13.8 Å². The lowest BCUT2D eigenvalue weighted by Gasteiger charge is -2.43. The molecule has 0 aromatic heterocycles. The zero-order chi connectivity index (χ0) is 17.0. The number of likely N-dealkylation sites (tertiary alicyclic amines) is 1. The smallest absolute Gasteiger partial charge is 0.308 e. The molecule has 1 amide bonds. The van der Waals surface area contributed by atoms with Gasteiger partial charge in [-0.2, -0.15) is 0 Å². The summed E-state index contributed by atoms with van der Waals surface area (Å²) in [6.07, 6.45) is 3.30. The number of rotatable bonds is 2. The largest absolute Gasteiger partial charge is 0.469 e. The summed E-state index contributed by atoms with van der Waals surface area (Å²) < 4.78 is 4.81. The number of piperidine rings is 1. The summed E-state index contributed by atoms with van der Waals surface area (Å²) in [6, 6.07) is 0. The minimum atomic E-state index is -0.545. The lowest BCUT2D eigenvalue weighted by molar-refractivity contribution is -0.154. The van der Waals surface area contributed by atoms with Gasteiger partial charge in [-0.15, -0.1) is 0 Å². The topological polar surface area (TPSA) is 63.7 Å². The van der Waals surface area contributed by atoms with Crippen molar-refractivity contribution in [2.24, 2.45) is 22.2 Å². The number of ketones is 1. The SMILES string of the molecule is COC(=O)C1CCN(C(=O)[C@@]23CC[C@@](C)(C(=O)C2)C3(C)C)CC1. The Labute approximate surface area is 137 Å². The first kappa shape index (κ1) is 16.5. The maximum Gasteiger partial charge on any atom is 0.308 e. The number of carbonyl (C=O) groups excluding carboxylic acids is 3. The molecule has 2 bridgehead atoms. The molecule has 0 radical (unpaired) electrons. The van der Waals surface area contributed by atoms with Crippen LogP contribution in [0.25, 0.3) is 0 Å². The Balaban J connectivity index is 1.77. The molecule has 23 heavy (non-hydrogen) atoms. The molecule has 3 fully saturated rings. The Morgan fingerprint density at radius 2 is 1.74 bits per heavy atom. The van der Waals surface area contributed by atoms with E-state index < -0.39 is 5.41 Å². The fourth-order valence-electron chi connectivity index (χ4n) is 5.12. The fourth-order valence-corrected chi connectivity index (χ4v) is 5.12. The van der Waals surface area contributed by atoms with Gasteiger partial charge in [0.05, 0.1) is 18.4 Å². The number of hydrogen-bond acceptors (Lipinski definition) is 4. The second-order valence-corrected chi connectivity index (χ2v) is 8.23. The number of hydrogen-bond donors (Lipinski definition) is 0. The number of amides is 1. The summed E-state index contributed by atoms with van der Waals surface area (Å²) in [6.45, 7) is 7.37. The van der Waals surface area contributed by atoms with Crippen LogP contribution in [0.2, 0.25) is 0 Å². The molecule has 0 unspecified atom stereocenters. The molecule has 1 heterocycles. The number of nitrogens with zero attached hydrogens (tertiary/aromatic N) is 1. The summed E-state index contributed by atoms with van der Waals surface area (Å²) in [5.74, 6) is 0.0839. The number of ether oxygens (including phenoxy) is 1. The summed E-state index contributed by atoms with van der Waals surface area (Å²) in [5, 5.41) is 0. The Kier molecular flexibility index (Phi) is 3.62. The van der Waals surface area contributed by atoms with E-state index in [1.54, 1.807) is 0 Å². The average molecular weight is 321 g/mol. The fraction of sp³-hybridized carbons (Fsp3) is 0.833. The van der Waals surface area contributed by atoms with Gasteiger partial charge in [-0.25, -0.2) is 0 Å².